The van der Waals surface area contributed by atoms with Crippen LogP contribution in [0.5, 0.6) is 0 Å². The maximum atomic E-state index is 13.6. The number of carbonyl (C=O) groups is 7. The molecule has 0 aliphatic rings. The van der Waals surface area contributed by atoms with Crippen molar-refractivity contribution in [2.75, 3.05) is 65.7 Å². The Morgan fingerprint density at radius 3 is 0.877 bits per heavy atom. The number of rotatable bonds is 48. The van der Waals surface area contributed by atoms with Crippen LogP contribution < -0.4 is 0 Å². The minimum absolute atomic E-state index is 0.167. The van der Waals surface area contributed by atoms with Crippen molar-refractivity contribution in [1.82, 2.24) is 9.80 Å². The molecule has 0 N–H and O–H groups in total. The van der Waals surface area contributed by atoms with Crippen LogP contribution in [0.15, 0.2) is 12.2 Å². The summed E-state index contributed by atoms with van der Waals surface area (Å²) in [5.74, 6) is -3.06. The van der Waals surface area contributed by atoms with Crippen molar-refractivity contribution >= 4 is 41.6 Å². The molecule has 0 saturated heterocycles. The lowest BCUT2D eigenvalue weighted by molar-refractivity contribution is -0.156. The lowest BCUT2D eigenvalue weighted by Gasteiger charge is -2.23. The zero-order valence-electron chi connectivity index (χ0n) is 47.8. The van der Waals surface area contributed by atoms with Gasteiger partial charge < -0.3 is 33.2 Å². The van der Waals surface area contributed by atoms with E-state index in [2.05, 4.69) is 27.7 Å². The molecule has 0 bridgehead atoms. The first-order chi connectivity index (χ1) is 35.1. The fraction of sp³-hybridized carbons (Fsp3) is 0.845. The zero-order valence-corrected chi connectivity index (χ0v) is 47.8. The monoisotopic (exact) mass is 1040 g/mol. The fourth-order valence-corrected chi connectivity index (χ4v) is 7.53. The van der Waals surface area contributed by atoms with E-state index in [1.165, 1.54) is 49.3 Å². The predicted molar refractivity (Wildman–Crippen MR) is 290 cm³/mol. The Morgan fingerprint density at radius 1 is 0.356 bits per heavy atom. The molecule has 0 radical (unpaired) electrons. The summed E-state index contributed by atoms with van der Waals surface area (Å²) in [6.07, 6.45) is 28.8. The average Bonchev–Trinajstić information content (AvgIpc) is 3.33. The van der Waals surface area contributed by atoms with E-state index >= 15 is 0 Å². The van der Waals surface area contributed by atoms with Gasteiger partial charge in [0.25, 0.3) is 0 Å². The van der Waals surface area contributed by atoms with Gasteiger partial charge in [-0.05, 0) is 70.4 Å². The van der Waals surface area contributed by atoms with Crippen LogP contribution in [0.1, 0.15) is 236 Å². The first kappa shape index (κ1) is 71.2. The molecule has 3 unspecified atom stereocenters. The van der Waals surface area contributed by atoms with Crippen molar-refractivity contribution in [2.45, 2.75) is 248 Å². The largest absolute Gasteiger partial charge is 0.465 e. The van der Waals surface area contributed by atoms with Crippen LogP contribution in [-0.4, -0.2) is 129 Å². The molecule has 0 amide bonds. The zero-order chi connectivity index (χ0) is 54.7. The second-order valence-corrected chi connectivity index (χ2v) is 19.8. The van der Waals surface area contributed by atoms with Gasteiger partial charge in [-0.15, -0.1) is 0 Å². The van der Waals surface area contributed by atoms with Crippen LogP contribution in [0.25, 0.3) is 0 Å². The van der Waals surface area contributed by atoms with Gasteiger partial charge in [-0.2, -0.15) is 0 Å². The Bertz CT molecular complexity index is 1370. The average molecular weight is 1040 g/mol. The van der Waals surface area contributed by atoms with Crippen LogP contribution in [-0.2, 0) is 62.0 Å². The van der Waals surface area contributed by atoms with Crippen molar-refractivity contribution < 1.29 is 62.0 Å². The van der Waals surface area contributed by atoms with E-state index in [0.717, 1.165) is 135 Å². The fourth-order valence-electron chi connectivity index (χ4n) is 7.53. The number of esters is 6. The number of hydrogen-bond donors (Lipinski definition) is 0. The summed E-state index contributed by atoms with van der Waals surface area (Å²) in [5, 5.41) is 0. The molecule has 0 aromatic heterocycles. The molecule has 426 valence electrons. The van der Waals surface area contributed by atoms with Crippen molar-refractivity contribution in [2.24, 2.45) is 5.92 Å². The number of hydrogen-bond acceptors (Lipinski definition) is 15. The topological polar surface area (TPSA) is 181 Å². The summed E-state index contributed by atoms with van der Waals surface area (Å²) < 4.78 is 33.7. The number of ketones is 1. The summed E-state index contributed by atoms with van der Waals surface area (Å²) in [6.45, 7) is 16.9. The van der Waals surface area contributed by atoms with Gasteiger partial charge in [0.15, 0.2) is 0 Å². The molecule has 0 heterocycles. The van der Waals surface area contributed by atoms with Gasteiger partial charge in [-0.3, -0.25) is 38.6 Å². The van der Waals surface area contributed by atoms with E-state index in [1.807, 2.05) is 20.8 Å². The molecule has 0 fully saturated rings. The molecular weight excluding hydrogens is 933 g/mol. The minimum Gasteiger partial charge on any atom is -0.465 e. The Morgan fingerprint density at radius 2 is 0.603 bits per heavy atom. The van der Waals surface area contributed by atoms with Gasteiger partial charge >= 0.3 is 35.8 Å². The maximum absolute atomic E-state index is 13.6. The third kappa shape index (κ3) is 50.1. The van der Waals surface area contributed by atoms with Gasteiger partial charge in [0, 0.05) is 0 Å². The molecular formula is C58H106N2O13. The molecule has 0 aliphatic carbocycles. The van der Waals surface area contributed by atoms with E-state index < -0.39 is 48.0 Å². The summed E-state index contributed by atoms with van der Waals surface area (Å²) in [7, 11) is 0. The molecule has 0 spiro atoms. The van der Waals surface area contributed by atoms with Gasteiger partial charge in [0.05, 0.1) is 65.7 Å². The van der Waals surface area contributed by atoms with Gasteiger partial charge in [0.2, 0.25) is 0 Å². The lowest BCUT2D eigenvalue weighted by Crippen LogP contribution is -2.41. The molecule has 0 aromatic rings. The third-order valence-electron chi connectivity index (χ3n) is 12.0. The number of Topliss-reactive ketones (excluding diaryl/α,β-unsaturated/α-hetero) is 1. The lowest BCUT2D eigenvalue weighted by atomic mass is 10.0. The second kappa shape index (κ2) is 51.6. The first-order valence-corrected chi connectivity index (χ1v) is 28.8. The van der Waals surface area contributed by atoms with Crippen molar-refractivity contribution in [1.29, 1.82) is 0 Å². The van der Waals surface area contributed by atoms with Gasteiger partial charge in [-0.25, -0.2) is 0 Å². The minimum atomic E-state index is -0.698. The van der Waals surface area contributed by atoms with Crippen LogP contribution in [0.3, 0.4) is 0 Å². The maximum Gasteiger partial charge on any atom is 0.320 e. The smallest absolute Gasteiger partial charge is 0.320 e. The Labute approximate surface area is 443 Å². The number of ether oxygens (including phenoxy) is 6. The summed E-state index contributed by atoms with van der Waals surface area (Å²) >= 11 is 0. The number of unbranched alkanes of at least 4 members (excludes halogenated alkanes) is 20. The summed E-state index contributed by atoms with van der Waals surface area (Å²) in [4.78, 5) is 90.8. The quantitative estimate of drug-likeness (QED) is 0.0243. The van der Waals surface area contributed by atoms with E-state index in [1.54, 1.807) is 12.2 Å². The molecule has 0 saturated carbocycles. The van der Waals surface area contributed by atoms with E-state index in [9.17, 15) is 33.6 Å². The van der Waals surface area contributed by atoms with Crippen molar-refractivity contribution in [3.05, 3.63) is 12.2 Å². The molecule has 73 heavy (non-hydrogen) atoms. The molecule has 0 aliphatic heterocycles. The number of nitrogens with zero attached hydrogens (tertiary/aromatic N) is 2. The van der Waals surface area contributed by atoms with Crippen molar-refractivity contribution in [3.8, 4) is 0 Å². The molecule has 0 aromatic carbocycles. The molecule has 15 heteroatoms. The highest BCUT2D eigenvalue weighted by Crippen LogP contribution is 2.16. The normalized spacial score (nSPS) is 12.4. The highest BCUT2D eigenvalue weighted by Gasteiger charge is 2.25. The SMILES string of the molecule is CC(C)=O.CCCCCCCCOC(=O)CN(CC(=O)OCCCCCCCC)CC(=O)OC(/C=C\C(CC(C)CC)OC(=O)CN(CC(=O)OCCCCCCCC)CC(=O)OCCCCCCCC)CC. The highest BCUT2D eigenvalue weighted by molar-refractivity contribution is 5.79. The predicted octanol–water partition coefficient (Wildman–Crippen LogP) is 12.0. The standard InChI is InChI=1S/C55H100N2O12.C3H6O/c1-8-14-18-22-26-30-36-64-50(58)41-56(42-51(59)65-37-31-27-23-19-15-9-2)45-54(62)68-48(13-6)34-35-49(40-47(7)12-5)69-55(63)46-57(43-52(60)66-38-32-28-24-20-16-10-3)44-53(61)67-39-33-29-25-21-17-11-4;1-3(2)4/h34-35,47-49H,8-33,36-46H2,1-7H3;1-2H3/b35-34-;. The van der Waals surface area contributed by atoms with Gasteiger partial charge in [0.1, 0.15) is 18.0 Å². The first-order valence-electron chi connectivity index (χ1n) is 28.8. The number of carbonyl (C=O) groups excluding carboxylic acids is 7. The van der Waals surface area contributed by atoms with Crippen molar-refractivity contribution in [3.63, 3.8) is 0 Å². The van der Waals surface area contributed by atoms with Crippen LogP contribution in [0, 0.1) is 5.92 Å². The summed E-state index contributed by atoms with van der Waals surface area (Å²) in [5.41, 5.74) is 0. The Kier molecular flexibility index (Phi) is 50.4. The van der Waals surface area contributed by atoms with Crippen LogP contribution in [0.4, 0.5) is 0 Å². The highest BCUT2D eigenvalue weighted by atomic mass is 16.6. The summed E-state index contributed by atoms with van der Waals surface area (Å²) in [6, 6.07) is 0. The molecule has 0 rings (SSSR count). The Hall–Kier alpha value is -3.85. The second-order valence-electron chi connectivity index (χ2n) is 19.8. The van der Waals surface area contributed by atoms with Gasteiger partial charge in [-0.1, -0.05) is 183 Å². The van der Waals surface area contributed by atoms with Crippen LogP contribution >= 0.6 is 0 Å². The molecule has 15 nitrogen and oxygen atoms in total. The van der Waals surface area contributed by atoms with E-state index in [-0.39, 0.29) is 77.4 Å². The van der Waals surface area contributed by atoms with E-state index in [4.69, 9.17) is 28.4 Å². The van der Waals surface area contributed by atoms with Crippen LogP contribution in [0.2, 0.25) is 0 Å². The van der Waals surface area contributed by atoms with E-state index in [0.29, 0.717) is 12.8 Å². The Balaban J connectivity index is 0. The third-order valence-corrected chi connectivity index (χ3v) is 12.0. The molecule has 3 atom stereocenters.